The summed E-state index contributed by atoms with van der Waals surface area (Å²) in [6.45, 7) is -0.152. The van der Waals surface area contributed by atoms with E-state index in [1.165, 1.54) is 31.3 Å². The predicted molar refractivity (Wildman–Crippen MR) is 123 cm³/mol. The van der Waals surface area contributed by atoms with Crippen LogP contribution in [0.25, 0.3) is 0 Å². The molecule has 0 bridgehead atoms. The Morgan fingerprint density at radius 2 is 1.83 bits per heavy atom. The number of hydrogen-bond acceptors (Lipinski definition) is 4. The van der Waals surface area contributed by atoms with E-state index in [1.807, 2.05) is 0 Å². The molecule has 1 atom stereocenters. The lowest BCUT2D eigenvalue weighted by Crippen LogP contribution is -2.43. The second-order valence-electron chi connectivity index (χ2n) is 8.44. The summed E-state index contributed by atoms with van der Waals surface area (Å²) < 4.78 is 53.2. The molecule has 1 fully saturated rings. The van der Waals surface area contributed by atoms with Crippen molar-refractivity contribution < 1.29 is 27.4 Å². The number of methoxy groups -OCH3 is 2. The molecule has 10 heteroatoms. The van der Waals surface area contributed by atoms with Crippen molar-refractivity contribution in [1.29, 1.82) is 0 Å². The molecular weight excluding hydrogens is 461 g/mol. The molecule has 2 amide bonds. The van der Waals surface area contributed by atoms with Crippen molar-refractivity contribution in [2.45, 2.75) is 37.6 Å². The number of aryl methyl sites for hydroxylation is 1. The van der Waals surface area contributed by atoms with E-state index in [0.29, 0.717) is 22.9 Å². The summed E-state index contributed by atoms with van der Waals surface area (Å²) in [5.41, 5.74) is -0.0226. The van der Waals surface area contributed by atoms with E-state index >= 15 is 0 Å². The molecule has 1 aliphatic rings. The molecule has 0 spiro atoms. The number of ether oxygens (including phenoxy) is 2. The summed E-state index contributed by atoms with van der Waals surface area (Å²) >= 11 is 0. The lowest BCUT2D eigenvalue weighted by molar-refractivity contribution is -0.138. The molecule has 3 aromatic rings. The van der Waals surface area contributed by atoms with Crippen molar-refractivity contribution >= 4 is 6.03 Å². The largest absolute Gasteiger partial charge is 0.497 e. The van der Waals surface area contributed by atoms with Gasteiger partial charge in [-0.15, -0.1) is 0 Å². The number of nitrogens with zero attached hydrogens (tertiary/aromatic N) is 3. The maximum absolute atomic E-state index is 13.6. The molecule has 1 unspecified atom stereocenters. The summed E-state index contributed by atoms with van der Waals surface area (Å²) in [4.78, 5) is 19.4. The summed E-state index contributed by atoms with van der Waals surface area (Å²) in [6.07, 6.45) is 0.340. The van der Waals surface area contributed by atoms with Gasteiger partial charge in [-0.05, 0) is 42.2 Å². The minimum Gasteiger partial charge on any atom is -0.497 e. The topological polar surface area (TPSA) is 68.6 Å². The van der Waals surface area contributed by atoms with Crippen LogP contribution in [0.2, 0.25) is 0 Å². The molecule has 0 aliphatic heterocycles. The minimum absolute atomic E-state index is 0.0543. The zero-order valence-corrected chi connectivity index (χ0v) is 19.7. The number of alkyl halides is 3. The normalized spacial score (nSPS) is 14.3. The number of nitrogens with one attached hydrogen (secondary N) is 1. The Morgan fingerprint density at radius 3 is 2.37 bits per heavy atom. The average Bonchev–Trinajstić information content (AvgIpc) is 3.60. The number of halogens is 3. The maximum Gasteiger partial charge on any atom is 0.416 e. The molecular formula is C25H27F3N4O3. The molecule has 1 saturated carbocycles. The molecule has 0 radical (unpaired) electrons. The van der Waals surface area contributed by atoms with Gasteiger partial charge in [-0.2, -0.15) is 13.2 Å². The number of carbonyl (C=O) groups is 1. The number of hydrogen-bond donors (Lipinski definition) is 1. The van der Waals surface area contributed by atoms with Gasteiger partial charge in [0.1, 0.15) is 23.4 Å². The fourth-order valence-electron chi connectivity index (χ4n) is 4.03. The van der Waals surface area contributed by atoms with Crippen LogP contribution < -0.4 is 14.8 Å². The Kier molecular flexibility index (Phi) is 6.90. The number of carbonyl (C=O) groups excluding carboxylic acids is 1. The van der Waals surface area contributed by atoms with Gasteiger partial charge in [0, 0.05) is 38.1 Å². The minimum atomic E-state index is -4.51. The first-order valence-corrected chi connectivity index (χ1v) is 11.1. The first-order valence-electron chi connectivity index (χ1n) is 11.1. The zero-order valence-electron chi connectivity index (χ0n) is 19.7. The van der Waals surface area contributed by atoms with Crippen LogP contribution in [0.4, 0.5) is 18.0 Å². The van der Waals surface area contributed by atoms with E-state index in [4.69, 9.17) is 9.47 Å². The molecule has 0 saturated heterocycles. The van der Waals surface area contributed by atoms with Gasteiger partial charge in [0.15, 0.2) is 0 Å². The van der Waals surface area contributed by atoms with Crippen LogP contribution in [0.15, 0.2) is 54.9 Å². The van der Waals surface area contributed by atoms with Gasteiger partial charge in [0.25, 0.3) is 0 Å². The molecule has 1 N–H and O–H groups in total. The van der Waals surface area contributed by atoms with Gasteiger partial charge in [-0.25, -0.2) is 9.78 Å². The van der Waals surface area contributed by atoms with E-state index in [2.05, 4.69) is 10.3 Å². The fourth-order valence-corrected chi connectivity index (χ4v) is 4.03. The third-order valence-corrected chi connectivity index (χ3v) is 6.00. The third-order valence-electron chi connectivity index (χ3n) is 6.00. The first kappa shape index (κ1) is 24.4. The monoisotopic (exact) mass is 488 g/mol. The SMILES string of the molecule is COc1cc(OC)cc(C(NC(=O)N(Cc2ccccc2C(F)(F)F)C2CC2)c2nccn2C)c1. The van der Waals surface area contributed by atoms with Crippen molar-refractivity contribution in [3.8, 4) is 11.5 Å². The Hall–Kier alpha value is -3.69. The van der Waals surface area contributed by atoms with Crippen molar-refractivity contribution in [3.63, 3.8) is 0 Å². The van der Waals surface area contributed by atoms with Crippen molar-refractivity contribution in [3.05, 3.63) is 77.4 Å². The van der Waals surface area contributed by atoms with Crippen molar-refractivity contribution in [2.24, 2.45) is 7.05 Å². The highest BCUT2D eigenvalue weighted by Crippen LogP contribution is 2.35. The van der Waals surface area contributed by atoms with Crippen LogP contribution in [0.1, 0.15) is 41.4 Å². The number of amides is 2. The predicted octanol–water partition coefficient (Wildman–Crippen LogP) is 4.92. The Bertz CT molecular complexity index is 1170. The molecule has 1 aliphatic carbocycles. The fraction of sp³-hybridized carbons (Fsp3) is 0.360. The number of imidazole rings is 1. The van der Waals surface area contributed by atoms with E-state index in [0.717, 1.165) is 18.9 Å². The quantitative estimate of drug-likeness (QED) is 0.489. The highest BCUT2D eigenvalue weighted by molar-refractivity contribution is 5.76. The smallest absolute Gasteiger partial charge is 0.416 e. The molecule has 35 heavy (non-hydrogen) atoms. The molecule has 2 aromatic carbocycles. The molecule has 1 aromatic heterocycles. The lowest BCUT2D eigenvalue weighted by Gasteiger charge is -2.28. The van der Waals surface area contributed by atoms with Crippen LogP contribution in [-0.2, 0) is 19.8 Å². The lowest BCUT2D eigenvalue weighted by atomic mass is 10.0. The van der Waals surface area contributed by atoms with Gasteiger partial charge in [-0.3, -0.25) is 0 Å². The zero-order chi connectivity index (χ0) is 25.2. The number of rotatable bonds is 8. The van der Waals surface area contributed by atoms with Gasteiger partial charge < -0.3 is 24.3 Å². The van der Waals surface area contributed by atoms with Crippen molar-refractivity contribution in [1.82, 2.24) is 19.8 Å². The second kappa shape index (κ2) is 9.89. The molecule has 7 nitrogen and oxygen atoms in total. The number of aromatic nitrogens is 2. The highest BCUT2D eigenvalue weighted by atomic mass is 19.4. The summed E-state index contributed by atoms with van der Waals surface area (Å²) in [7, 11) is 4.86. The Balaban J connectivity index is 1.67. The van der Waals surface area contributed by atoms with Crippen LogP contribution in [-0.4, -0.2) is 40.7 Å². The molecule has 186 valence electrons. The van der Waals surface area contributed by atoms with Gasteiger partial charge in [-0.1, -0.05) is 18.2 Å². The van der Waals surface area contributed by atoms with Gasteiger partial charge >= 0.3 is 12.2 Å². The molecule has 4 rings (SSSR count). The van der Waals surface area contributed by atoms with E-state index in [1.54, 1.807) is 48.3 Å². The maximum atomic E-state index is 13.6. The third kappa shape index (κ3) is 5.52. The summed E-state index contributed by atoms with van der Waals surface area (Å²) in [5.74, 6) is 1.62. The van der Waals surface area contributed by atoms with Crippen molar-refractivity contribution in [2.75, 3.05) is 14.2 Å². The number of benzene rings is 2. The van der Waals surface area contributed by atoms with E-state index in [-0.39, 0.29) is 18.2 Å². The first-order chi connectivity index (χ1) is 16.7. The van der Waals surface area contributed by atoms with E-state index < -0.39 is 23.8 Å². The Morgan fingerprint density at radius 1 is 1.17 bits per heavy atom. The van der Waals surface area contributed by atoms with Gasteiger partial charge in [0.2, 0.25) is 0 Å². The second-order valence-corrected chi connectivity index (χ2v) is 8.44. The highest BCUT2D eigenvalue weighted by Gasteiger charge is 2.38. The van der Waals surface area contributed by atoms with Crippen LogP contribution in [0.5, 0.6) is 11.5 Å². The van der Waals surface area contributed by atoms with E-state index in [9.17, 15) is 18.0 Å². The van der Waals surface area contributed by atoms with Crippen LogP contribution in [0.3, 0.4) is 0 Å². The van der Waals surface area contributed by atoms with Crippen LogP contribution in [0, 0.1) is 0 Å². The standard InChI is InChI=1S/C25H27F3N4O3/c1-31-11-10-29-23(31)22(17-12-19(34-2)14-20(13-17)35-3)30-24(33)32(18-8-9-18)15-16-6-4-5-7-21(16)25(26,27)28/h4-7,10-14,18,22H,8-9,15H2,1-3H3,(H,30,33). The van der Waals surface area contributed by atoms with Crippen LogP contribution >= 0.6 is 0 Å². The molecule has 1 heterocycles. The average molecular weight is 489 g/mol. The summed E-state index contributed by atoms with van der Waals surface area (Å²) in [5, 5.41) is 2.99. The number of urea groups is 1. The Labute approximate surface area is 201 Å². The summed E-state index contributed by atoms with van der Waals surface area (Å²) in [6, 6.07) is 9.30. The van der Waals surface area contributed by atoms with Gasteiger partial charge in [0.05, 0.1) is 19.8 Å².